The molecule has 328 valence electrons. The molecule has 2 saturated heterocycles. The molecule has 0 saturated carbocycles. The van der Waals surface area contributed by atoms with E-state index in [0.29, 0.717) is 11.4 Å². The summed E-state index contributed by atoms with van der Waals surface area (Å²) in [6.45, 7) is 2.59. The van der Waals surface area contributed by atoms with Crippen LogP contribution in [-0.4, -0.2) is 99.6 Å². The minimum atomic E-state index is -4.96. The van der Waals surface area contributed by atoms with Gasteiger partial charge in [-0.25, -0.2) is 0 Å². The molecule has 2 aromatic carbocycles. The van der Waals surface area contributed by atoms with Crippen molar-refractivity contribution in [1.82, 2.24) is 29.4 Å². The van der Waals surface area contributed by atoms with Gasteiger partial charge < -0.3 is 9.80 Å². The van der Waals surface area contributed by atoms with E-state index in [0.717, 1.165) is 33.6 Å². The van der Waals surface area contributed by atoms with Crippen LogP contribution in [0, 0.1) is 13.8 Å². The van der Waals surface area contributed by atoms with Crippen molar-refractivity contribution in [1.29, 1.82) is 0 Å². The first kappa shape index (κ1) is 45.3. The van der Waals surface area contributed by atoms with Crippen LogP contribution in [0.15, 0.2) is 48.5 Å². The second-order valence-corrected chi connectivity index (χ2v) is 15.2. The van der Waals surface area contributed by atoms with Crippen LogP contribution < -0.4 is 9.80 Å². The first-order valence-corrected chi connectivity index (χ1v) is 19.1. The molecular weight excluding hydrogens is 871 g/mol. The molecule has 60 heavy (non-hydrogen) atoms. The number of benzene rings is 2. The van der Waals surface area contributed by atoms with Gasteiger partial charge in [0.2, 0.25) is 0 Å². The second kappa shape index (κ2) is 16.9. The minimum Gasteiger partial charge on any atom is -0.369 e. The van der Waals surface area contributed by atoms with Crippen molar-refractivity contribution in [2.24, 2.45) is 0 Å². The maximum absolute atomic E-state index is 15.1. The van der Waals surface area contributed by atoms with Crippen LogP contribution in [0.2, 0.25) is 10.0 Å². The Morgan fingerprint density at radius 1 is 0.533 bits per heavy atom. The second-order valence-electron chi connectivity index (χ2n) is 14.4. The fraction of sp³-hybridized carbons (Fsp3) is 0.486. The molecular formula is C37H36Cl2F12N8O. The molecule has 0 radical (unpaired) electrons. The van der Waals surface area contributed by atoms with E-state index in [-0.39, 0.29) is 63.7 Å². The van der Waals surface area contributed by atoms with Gasteiger partial charge in [0.05, 0.1) is 57.7 Å². The largest absolute Gasteiger partial charge is 0.436 e. The van der Waals surface area contributed by atoms with Gasteiger partial charge >= 0.3 is 24.7 Å². The number of anilines is 2. The number of alkyl halides is 12. The minimum absolute atomic E-state index is 0.0802. The van der Waals surface area contributed by atoms with E-state index in [4.69, 9.17) is 23.2 Å². The molecule has 4 aromatic rings. The third-order valence-corrected chi connectivity index (χ3v) is 11.7. The van der Waals surface area contributed by atoms with E-state index < -0.39 is 88.2 Å². The normalized spacial score (nSPS) is 17.7. The summed E-state index contributed by atoms with van der Waals surface area (Å²) in [4.78, 5) is 22.0. The first-order chi connectivity index (χ1) is 27.8. The summed E-state index contributed by atoms with van der Waals surface area (Å²) in [6, 6.07) is 6.31. The van der Waals surface area contributed by atoms with Crippen LogP contribution in [0.3, 0.4) is 0 Å². The maximum Gasteiger partial charge on any atom is 0.436 e. The Bertz CT molecular complexity index is 1980. The van der Waals surface area contributed by atoms with E-state index >= 15 is 4.79 Å². The number of Topliss-reactive ketones (excluding diaryl/α,β-unsaturated/α-hetero) is 1. The van der Waals surface area contributed by atoms with Gasteiger partial charge in [-0.1, -0.05) is 23.2 Å². The van der Waals surface area contributed by atoms with Crippen LogP contribution in [0.5, 0.6) is 0 Å². The lowest BCUT2D eigenvalue weighted by Crippen LogP contribution is -2.61. The highest BCUT2D eigenvalue weighted by molar-refractivity contribution is 6.32. The van der Waals surface area contributed by atoms with E-state index in [1.807, 2.05) is 0 Å². The quantitative estimate of drug-likeness (QED) is 0.148. The van der Waals surface area contributed by atoms with Gasteiger partial charge in [0.1, 0.15) is 0 Å². The molecule has 2 aliphatic heterocycles. The third-order valence-electron chi connectivity index (χ3n) is 10.8. The summed E-state index contributed by atoms with van der Waals surface area (Å²) < 4.78 is 165. The standard InChI is InChI=1S/C37H36Cl2F12N8O/c1-21-29(38)32(36(46,47)48)52-58(21)19-27(56-15-11-54(12-16-56)25-7-3-23(4-8-25)34(40,41)42)31(60)28(20-59-22(2)30(39)33(53-59)37(49,50)51)57-17-13-55(14-18-57)26-9-5-24(6-10-26)35(43,44)45/h3-10,27-28H,11-20H2,1-2H3. The molecule has 2 aromatic heterocycles. The molecule has 0 N–H and O–H groups in total. The fourth-order valence-corrected chi connectivity index (χ4v) is 7.88. The summed E-state index contributed by atoms with van der Waals surface area (Å²) in [6.07, 6.45) is -19.0. The Morgan fingerprint density at radius 2 is 0.833 bits per heavy atom. The van der Waals surface area contributed by atoms with Gasteiger partial charge in [-0.15, -0.1) is 0 Å². The number of hydrogen-bond donors (Lipinski definition) is 0. The van der Waals surface area contributed by atoms with Gasteiger partial charge in [0, 0.05) is 63.7 Å². The first-order valence-electron chi connectivity index (χ1n) is 18.3. The average Bonchev–Trinajstić information content (AvgIpc) is 3.64. The molecule has 0 bridgehead atoms. The number of nitrogens with zero attached hydrogens (tertiary/aromatic N) is 8. The van der Waals surface area contributed by atoms with Gasteiger partial charge in [-0.05, 0) is 62.4 Å². The predicted molar refractivity (Wildman–Crippen MR) is 197 cm³/mol. The number of hydrogen-bond acceptors (Lipinski definition) is 7. The zero-order chi connectivity index (χ0) is 44.1. The molecule has 0 spiro atoms. The van der Waals surface area contributed by atoms with Crippen molar-refractivity contribution in [3.05, 3.63) is 92.5 Å². The van der Waals surface area contributed by atoms with Crippen molar-refractivity contribution in [2.75, 3.05) is 62.2 Å². The summed E-state index contributed by atoms with van der Waals surface area (Å²) in [5.41, 5.74) is -3.83. The highest BCUT2D eigenvalue weighted by Gasteiger charge is 2.43. The van der Waals surface area contributed by atoms with Crippen molar-refractivity contribution >= 4 is 40.4 Å². The van der Waals surface area contributed by atoms with Gasteiger partial charge in [-0.2, -0.15) is 62.9 Å². The fourth-order valence-electron chi connectivity index (χ4n) is 7.39. The Kier molecular flexibility index (Phi) is 12.8. The lowest BCUT2D eigenvalue weighted by molar-refractivity contribution is -0.142. The molecule has 9 nitrogen and oxygen atoms in total. The summed E-state index contributed by atoms with van der Waals surface area (Å²) in [7, 11) is 0. The summed E-state index contributed by atoms with van der Waals surface area (Å²) in [5, 5.41) is 5.99. The molecule has 2 fully saturated rings. The number of piperazine rings is 2. The van der Waals surface area contributed by atoms with Gasteiger partial charge in [-0.3, -0.25) is 24.0 Å². The number of carbonyl (C=O) groups is 1. The Labute approximate surface area is 345 Å². The third kappa shape index (κ3) is 9.78. The molecule has 2 atom stereocenters. The highest BCUT2D eigenvalue weighted by atomic mass is 35.5. The smallest absolute Gasteiger partial charge is 0.369 e. The number of ketones is 1. The summed E-state index contributed by atoms with van der Waals surface area (Å²) >= 11 is 12.1. The van der Waals surface area contributed by atoms with Crippen molar-refractivity contribution in [3.8, 4) is 0 Å². The van der Waals surface area contributed by atoms with Gasteiger partial charge in [0.15, 0.2) is 17.2 Å². The number of halogens is 14. The lowest BCUT2D eigenvalue weighted by atomic mass is 9.99. The van der Waals surface area contributed by atoms with Crippen LogP contribution in [0.4, 0.5) is 64.1 Å². The van der Waals surface area contributed by atoms with Crippen molar-refractivity contribution in [3.63, 3.8) is 0 Å². The molecule has 4 heterocycles. The van der Waals surface area contributed by atoms with Crippen LogP contribution in [0.25, 0.3) is 0 Å². The number of rotatable bonds is 10. The topological polar surface area (TPSA) is 65.7 Å². The molecule has 0 amide bonds. The number of aromatic nitrogens is 4. The van der Waals surface area contributed by atoms with E-state index in [2.05, 4.69) is 10.2 Å². The zero-order valence-electron chi connectivity index (χ0n) is 31.6. The molecule has 2 aliphatic rings. The van der Waals surface area contributed by atoms with Crippen molar-refractivity contribution < 1.29 is 57.5 Å². The van der Waals surface area contributed by atoms with E-state index in [1.165, 1.54) is 38.1 Å². The zero-order valence-corrected chi connectivity index (χ0v) is 33.1. The van der Waals surface area contributed by atoms with E-state index in [1.54, 1.807) is 19.6 Å². The average molecular weight is 908 g/mol. The van der Waals surface area contributed by atoms with Crippen molar-refractivity contribution in [2.45, 2.75) is 63.7 Å². The predicted octanol–water partition coefficient (Wildman–Crippen LogP) is 8.73. The Hall–Kier alpha value is -4.21. The summed E-state index contributed by atoms with van der Waals surface area (Å²) in [5.74, 6) is -0.625. The monoisotopic (exact) mass is 906 g/mol. The van der Waals surface area contributed by atoms with Crippen LogP contribution >= 0.6 is 23.2 Å². The Morgan fingerprint density at radius 3 is 1.08 bits per heavy atom. The molecule has 0 aliphatic carbocycles. The van der Waals surface area contributed by atoms with E-state index in [9.17, 15) is 52.7 Å². The highest BCUT2D eigenvalue weighted by Crippen LogP contribution is 2.38. The molecule has 6 rings (SSSR count). The maximum atomic E-state index is 15.1. The van der Waals surface area contributed by atoms with Gasteiger partial charge in [0.25, 0.3) is 0 Å². The van der Waals surface area contributed by atoms with Crippen LogP contribution in [0.1, 0.15) is 33.9 Å². The van der Waals surface area contributed by atoms with Crippen LogP contribution in [-0.2, 0) is 42.6 Å². The molecule has 23 heteroatoms. The Balaban J connectivity index is 1.33. The lowest BCUT2D eigenvalue weighted by Gasteiger charge is -2.43. The SMILES string of the molecule is Cc1c(Cl)c(C(F)(F)F)nn1CC(C(=O)C(Cn1nc(C(F)(F)F)c(Cl)c1C)N1CCN(c2ccc(C(F)(F)F)cc2)CC1)N1CCN(c2ccc(C(F)(F)F)cc2)CC1. The molecule has 2 unspecified atom stereocenters. The number of carbonyl (C=O) groups excluding carboxylic acids is 1.